The van der Waals surface area contributed by atoms with Crippen LogP contribution in [0.3, 0.4) is 0 Å². The monoisotopic (exact) mass is 362 g/mol. The molecule has 0 spiro atoms. The van der Waals surface area contributed by atoms with Crippen molar-refractivity contribution in [2.24, 2.45) is 13.0 Å². The van der Waals surface area contributed by atoms with Crippen LogP contribution in [-0.2, 0) is 28.0 Å². The van der Waals surface area contributed by atoms with Crippen LogP contribution in [0.2, 0.25) is 5.15 Å². The molecule has 8 heteroatoms. The number of aromatic nitrogens is 3. The molecule has 1 fully saturated rings. The molecule has 0 unspecified atom stereocenters. The Balaban J connectivity index is 1.77. The van der Waals surface area contributed by atoms with Gasteiger partial charge in [-0.3, -0.25) is 14.3 Å². The fourth-order valence-electron chi connectivity index (χ4n) is 3.12. The van der Waals surface area contributed by atoms with Gasteiger partial charge in [-0.2, -0.15) is 5.10 Å². The van der Waals surface area contributed by atoms with Crippen LogP contribution in [0.25, 0.3) is 0 Å². The highest BCUT2D eigenvalue weighted by atomic mass is 35.5. The smallest absolute Gasteiger partial charge is 0.311 e. The molecule has 1 saturated heterocycles. The van der Waals surface area contributed by atoms with Crippen molar-refractivity contribution in [1.82, 2.24) is 19.7 Å². The van der Waals surface area contributed by atoms with Gasteiger partial charge < -0.3 is 9.64 Å². The van der Waals surface area contributed by atoms with E-state index in [1.54, 1.807) is 48.2 Å². The van der Waals surface area contributed by atoms with E-state index in [0.29, 0.717) is 23.6 Å². The fourth-order valence-corrected chi connectivity index (χ4v) is 3.29. The number of carbonyl (C=O) groups is 2. The first-order chi connectivity index (χ1) is 12.0. The molecule has 1 amide bonds. The number of nitrogens with zero attached hydrogens (tertiary/aromatic N) is 4. The lowest BCUT2D eigenvalue weighted by Crippen LogP contribution is -2.43. The molecule has 2 aromatic heterocycles. The Morgan fingerprint density at radius 2 is 2.24 bits per heavy atom. The molecule has 3 heterocycles. The highest BCUT2D eigenvalue weighted by molar-refractivity contribution is 6.30. The number of hydrogen-bond donors (Lipinski definition) is 0. The van der Waals surface area contributed by atoms with Gasteiger partial charge >= 0.3 is 5.97 Å². The minimum Gasteiger partial charge on any atom is -0.460 e. The van der Waals surface area contributed by atoms with Crippen molar-refractivity contribution in [3.8, 4) is 0 Å². The van der Waals surface area contributed by atoms with Crippen LogP contribution in [-0.4, -0.2) is 38.6 Å². The van der Waals surface area contributed by atoms with Crippen molar-refractivity contribution in [1.29, 1.82) is 0 Å². The molecule has 1 aliphatic rings. The number of ether oxygens (including phenoxy) is 1. The molecule has 1 aliphatic heterocycles. The van der Waals surface area contributed by atoms with Crippen LogP contribution < -0.4 is 0 Å². The summed E-state index contributed by atoms with van der Waals surface area (Å²) in [7, 11) is 3.50. The fraction of sp³-hybridized carbons (Fsp3) is 0.412. The molecule has 25 heavy (non-hydrogen) atoms. The maximum atomic E-state index is 12.7. The third kappa shape index (κ3) is 3.66. The number of piperidine rings is 1. The number of amides is 1. The van der Waals surface area contributed by atoms with Crippen molar-refractivity contribution in [2.75, 3.05) is 7.05 Å². The SMILES string of the molecule is CN1C(=O)CC[C@@H](C(=O)OCc2cccnc2Cl)[C@@H]1c1cnn(C)c1. The van der Waals surface area contributed by atoms with E-state index in [-0.39, 0.29) is 24.5 Å². The molecular weight excluding hydrogens is 344 g/mol. The van der Waals surface area contributed by atoms with Gasteiger partial charge in [0, 0.05) is 44.0 Å². The second-order valence-corrected chi connectivity index (χ2v) is 6.46. The topological polar surface area (TPSA) is 77.3 Å². The second kappa shape index (κ2) is 7.23. The van der Waals surface area contributed by atoms with Gasteiger partial charge in [-0.25, -0.2) is 4.98 Å². The number of likely N-dealkylation sites (tertiary alicyclic amines) is 1. The van der Waals surface area contributed by atoms with Crippen LogP contribution >= 0.6 is 11.6 Å². The van der Waals surface area contributed by atoms with Crippen LogP contribution in [0.4, 0.5) is 0 Å². The largest absolute Gasteiger partial charge is 0.460 e. The maximum Gasteiger partial charge on any atom is 0.311 e. The second-order valence-electron chi connectivity index (χ2n) is 6.10. The number of carbonyl (C=O) groups excluding carboxylic acids is 2. The number of hydrogen-bond acceptors (Lipinski definition) is 5. The summed E-state index contributed by atoms with van der Waals surface area (Å²) in [6.07, 6.45) is 5.84. The lowest BCUT2D eigenvalue weighted by Gasteiger charge is -2.37. The van der Waals surface area contributed by atoms with E-state index in [9.17, 15) is 9.59 Å². The molecule has 132 valence electrons. The average Bonchev–Trinajstić information content (AvgIpc) is 3.02. The van der Waals surface area contributed by atoms with Gasteiger partial charge in [0.2, 0.25) is 5.91 Å². The lowest BCUT2D eigenvalue weighted by molar-refractivity contribution is -0.157. The minimum atomic E-state index is -0.442. The summed E-state index contributed by atoms with van der Waals surface area (Å²) < 4.78 is 7.11. The van der Waals surface area contributed by atoms with E-state index >= 15 is 0 Å². The molecule has 0 bridgehead atoms. The number of halogens is 1. The number of aryl methyl sites for hydroxylation is 1. The first kappa shape index (κ1) is 17.4. The molecule has 2 aromatic rings. The van der Waals surface area contributed by atoms with Crippen molar-refractivity contribution >= 4 is 23.5 Å². The predicted octanol–water partition coefficient (Wildman–Crippen LogP) is 2.12. The van der Waals surface area contributed by atoms with E-state index in [4.69, 9.17) is 16.3 Å². The van der Waals surface area contributed by atoms with Crippen LogP contribution in [0.5, 0.6) is 0 Å². The number of pyridine rings is 1. The zero-order chi connectivity index (χ0) is 18.0. The van der Waals surface area contributed by atoms with Crippen molar-refractivity contribution in [3.05, 3.63) is 47.0 Å². The summed E-state index contributed by atoms with van der Waals surface area (Å²) in [4.78, 5) is 30.3. The normalized spacial score (nSPS) is 20.6. The standard InChI is InChI=1S/C17H19ClN4O3/c1-21-9-12(8-20-21)15-13(5-6-14(23)22(15)2)17(24)25-10-11-4-3-7-19-16(11)18/h3-4,7-9,13,15H,5-6,10H2,1-2H3/t13-,15+/m1/s1. The van der Waals surface area contributed by atoms with Crippen molar-refractivity contribution in [3.63, 3.8) is 0 Å². The van der Waals surface area contributed by atoms with Crippen molar-refractivity contribution in [2.45, 2.75) is 25.5 Å². The Morgan fingerprint density at radius 3 is 2.92 bits per heavy atom. The summed E-state index contributed by atoms with van der Waals surface area (Å²) >= 11 is 6.00. The Labute approximate surface area is 150 Å². The zero-order valence-corrected chi connectivity index (χ0v) is 14.8. The van der Waals surface area contributed by atoms with Gasteiger partial charge in [0.25, 0.3) is 0 Å². The molecular formula is C17H19ClN4O3. The minimum absolute atomic E-state index is 0.00760. The van der Waals surface area contributed by atoms with Gasteiger partial charge in [0.15, 0.2) is 0 Å². The van der Waals surface area contributed by atoms with Crippen molar-refractivity contribution < 1.29 is 14.3 Å². The number of esters is 1. The zero-order valence-electron chi connectivity index (χ0n) is 14.1. The average molecular weight is 363 g/mol. The summed E-state index contributed by atoms with van der Waals surface area (Å²) in [5.41, 5.74) is 1.47. The predicted molar refractivity (Wildman–Crippen MR) is 90.5 cm³/mol. The molecule has 0 saturated carbocycles. The van der Waals surface area contributed by atoms with E-state index < -0.39 is 5.92 Å². The molecule has 0 aliphatic carbocycles. The Morgan fingerprint density at radius 1 is 1.44 bits per heavy atom. The van der Waals surface area contributed by atoms with E-state index in [2.05, 4.69) is 10.1 Å². The van der Waals surface area contributed by atoms with Gasteiger partial charge in [-0.05, 0) is 12.5 Å². The highest BCUT2D eigenvalue weighted by Crippen LogP contribution is 2.36. The third-order valence-electron chi connectivity index (χ3n) is 4.44. The quantitative estimate of drug-likeness (QED) is 0.615. The van der Waals surface area contributed by atoms with Gasteiger partial charge in [0.1, 0.15) is 11.8 Å². The van der Waals surface area contributed by atoms with E-state index in [0.717, 1.165) is 5.56 Å². The van der Waals surface area contributed by atoms with E-state index in [1.807, 2.05) is 6.20 Å². The molecule has 7 nitrogen and oxygen atoms in total. The first-order valence-corrected chi connectivity index (χ1v) is 8.35. The van der Waals surface area contributed by atoms with E-state index in [1.165, 1.54) is 0 Å². The molecule has 0 N–H and O–H groups in total. The summed E-state index contributed by atoms with van der Waals surface area (Å²) in [5.74, 6) is -0.788. The first-order valence-electron chi connectivity index (χ1n) is 7.97. The maximum absolute atomic E-state index is 12.7. The molecule has 3 rings (SSSR count). The highest BCUT2D eigenvalue weighted by Gasteiger charge is 2.40. The summed E-state index contributed by atoms with van der Waals surface area (Å²) in [6, 6.07) is 3.12. The molecule has 0 aromatic carbocycles. The van der Waals surface area contributed by atoms with Gasteiger partial charge in [0.05, 0.1) is 18.2 Å². The van der Waals surface area contributed by atoms with Crippen LogP contribution in [0, 0.1) is 5.92 Å². The lowest BCUT2D eigenvalue weighted by atomic mass is 9.86. The van der Waals surface area contributed by atoms with Gasteiger partial charge in [-0.1, -0.05) is 17.7 Å². The summed E-state index contributed by atoms with van der Waals surface area (Å²) in [6.45, 7) is 0.0550. The number of rotatable bonds is 4. The Bertz CT molecular complexity index is 792. The summed E-state index contributed by atoms with van der Waals surface area (Å²) in [5, 5.41) is 4.47. The molecule has 2 atom stereocenters. The van der Waals surface area contributed by atoms with Crippen LogP contribution in [0.15, 0.2) is 30.7 Å². The molecule has 0 radical (unpaired) electrons. The van der Waals surface area contributed by atoms with Gasteiger partial charge in [-0.15, -0.1) is 0 Å². The third-order valence-corrected chi connectivity index (χ3v) is 4.78. The Kier molecular flexibility index (Phi) is 5.03. The Hall–Kier alpha value is -2.41. The van der Waals surface area contributed by atoms with Crippen LogP contribution in [0.1, 0.15) is 30.0 Å².